The second kappa shape index (κ2) is 5.94. The Balaban J connectivity index is 1.85. The van der Waals surface area contributed by atoms with Crippen molar-refractivity contribution in [3.05, 3.63) is 35.5 Å². The summed E-state index contributed by atoms with van der Waals surface area (Å²) < 4.78 is 7.23. The van der Waals surface area contributed by atoms with Crippen molar-refractivity contribution in [1.82, 2.24) is 19.8 Å². The molecule has 118 valence electrons. The second-order valence-electron chi connectivity index (χ2n) is 6.00. The Morgan fingerprint density at radius 1 is 1.50 bits per heavy atom. The fraction of sp³-hybridized carbons (Fsp3) is 0.562. The molecule has 0 N–H and O–H groups in total. The first-order valence-electron chi connectivity index (χ1n) is 7.91. The lowest BCUT2D eigenvalue weighted by atomic mass is 10.1. The Bertz CT molecular complexity index is 659. The Morgan fingerprint density at radius 3 is 3.00 bits per heavy atom. The number of likely N-dealkylation sites (tertiary alicyclic amines) is 1. The van der Waals surface area contributed by atoms with E-state index in [1.807, 2.05) is 17.9 Å². The van der Waals surface area contributed by atoms with Crippen LogP contribution in [0.15, 0.2) is 22.9 Å². The standard InChI is InChI=1S/C16H22N4O2/c1-4-20-14(7-8-17-20)16(21)19-9-5-6-13(19)15-10-12(11(2)3)18-22-15/h7-8,10-11,13H,4-6,9H2,1-3H3/t13-/m1/s1. The van der Waals surface area contributed by atoms with Gasteiger partial charge in [0, 0.05) is 25.4 Å². The summed E-state index contributed by atoms with van der Waals surface area (Å²) in [6.07, 6.45) is 3.57. The van der Waals surface area contributed by atoms with Gasteiger partial charge in [0.25, 0.3) is 5.91 Å². The van der Waals surface area contributed by atoms with Crippen LogP contribution in [0.1, 0.15) is 67.5 Å². The summed E-state index contributed by atoms with van der Waals surface area (Å²) in [4.78, 5) is 14.7. The van der Waals surface area contributed by atoms with Gasteiger partial charge in [-0.2, -0.15) is 5.10 Å². The minimum absolute atomic E-state index is 0.0179. The van der Waals surface area contributed by atoms with Crippen molar-refractivity contribution in [2.75, 3.05) is 6.54 Å². The molecule has 2 aromatic rings. The second-order valence-corrected chi connectivity index (χ2v) is 6.00. The first kappa shape index (κ1) is 14.8. The maximum absolute atomic E-state index is 12.8. The van der Waals surface area contributed by atoms with Crippen molar-refractivity contribution in [2.24, 2.45) is 0 Å². The SMILES string of the molecule is CCn1nccc1C(=O)N1CCC[C@@H]1c1cc(C(C)C)no1. The van der Waals surface area contributed by atoms with Gasteiger partial charge in [-0.3, -0.25) is 9.48 Å². The highest BCUT2D eigenvalue weighted by molar-refractivity contribution is 5.93. The number of aromatic nitrogens is 3. The van der Waals surface area contributed by atoms with Crippen LogP contribution >= 0.6 is 0 Å². The van der Waals surface area contributed by atoms with E-state index < -0.39 is 0 Å². The van der Waals surface area contributed by atoms with Crippen LogP contribution in [-0.4, -0.2) is 32.3 Å². The van der Waals surface area contributed by atoms with Gasteiger partial charge >= 0.3 is 0 Å². The van der Waals surface area contributed by atoms with E-state index in [0.717, 1.165) is 30.8 Å². The van der Waals surface area contributed by atoms with Crippen LogP contribution in [-0.2, 0) is 6.54 Å². The van der Waals surface area contributed by atoms with Crippen LogP contribution in [0.25, 0.3) is 0 Å². The smallest absolute Gasteiger partial charge is 0.272 e. The molecule has 3 rings (SSSR count). The molecule has 0 saturated carbocycles. The summed E-state index contributed by atoms with van der Waals surface area (Å²) in [7, 11) is 0. The lowest BCUT2D eigenvalue weighted by Crippen LogP contribution is -2.32. The van der Waals surface area contributed by atoms with Gasteiger partial charge in [-0.25, -0.2) is 0 Å². The molecule has 1 saturated heterocycles. The molecule has 3 heterocycles. The molecule has 0 aromatic carbocycles. The van der Waals surface area contributed by atoms with Crippen LogP contribution < -0.4 is 0 Å². The van der Waals surface area contributed by atoms with Gasteiger partial charge in [-0.1, -0.05) is 19.0 Å². The first-order chi connectivity index (χ1) is 10.6. The molecule has 6 heteroatoms. The van der Waals surface area contributed by atoms with Crippen molar-refractivity contribution < 1.29 is 9.32 Å². The Kier molecular flexibility index (Phi) is 4.00. The molecule has 0 unspecified atom stereocenters. The van der Waals surface area contributed by atoms with Gasteiger partial charge in [0.05, 0.1) is 11.7 Å². The Labute approximate surface area is 130 Å². The van der Waals surface area contributed by atoms with E-state index in [1.54, 1.807) is 16.9 Å². The molecule has 0 spiro atoms. The third-order valence-corrected chi connectivity index (χ3v) is 4.22. The van der Waals surface area contributed by atoms with E-state index in [-0.39, 0.29) is 11.9 Å². The van der Waals surface area contributed by atoms with Gasteiger partial charge in [0.1, 0.15) is 5.69 Å². The molecule has 22 heavy (non-hydrogen) atoms. The number of carbonyl (C=O) groups is 1. The van der Waals surface area contributed by atoms with Crippen LogP contribution in [0.5, 0.6) is 0 Å². The zero-order valence-corrected chi connectivity index (χ0v) is 13.3. The van der Waals surface area contributed by atoms with Crippen molar-refractivity contribution >= 4 is 5.91 Å². The molecule has 0 aliphatic carbocycles. The fourth-order valence-corrected chi connectivity index (χ4v) is 2.95. The van der Waals surface area contributed by atoms with Crippen LogP contribution in [0.2, 0.25) is 0 Å². The molecular formula is C16H22N4O2. The minimum Gasteiger partial charge on any atom is -0.359 e. The van der Waals surface area contributed by atoms with Crippen LogP contribution in [0, 0.1) is 0 Å². The average molecular weight is 302 g/mol. The summed E-state index contributed by atoms with van der Waals surface area (Å²) in [6, 6.07) is 3.74. The van der Waals surface area contributed by atoms with Gasteiger partial charge < -0.3 is 9.42 Å². The third-order valence-electron chi connectivity index (χ3n) is 4.22. The number of aryl methyl sites for hydroxylation is 1. The fourth-order valence-electron chi connectivity index (χ4n) is 2.95. The molecule has 1 atom stereocenters. The predicted molar refractivity (Wildman–Crippen MR) is 81.5 cm³/mol. The largest absolute Gasteiger partial charge is 0.359 e. The van der Waals surface area contributed by atoms with E-state index in [2.05, 4.69) is 24.1 Å². The highest BCUT2D eigenvalue weighted by Crippen LogP contribution is 2.34. The van der Waals surface area contributed by atoms with Gasteiger partial charge in [0.2, 0.25) is 0 Å². The molecular weight excluding hydrogens is 280 g/mol. The molecule has 1 aliphatic heterocycles. The Morgan fingerprint density at radius 2 is 2.32 bits per heavy atom. The number of nitrogens with zero attached hydrogens (tertiary/aromatic N) is 4. The summed E-state index contributed by atoms with van der Waals surface area (Å²) in [5.41, 5.74) is 1.57. The molecule has 2 aromatic heterocycles. The van der Waals surface area contributed by atoms with Crippen molar-refractivity contribution in [3.8, 4) is 0 Å². The maximum atomic E-state index is 12.8. The summed E-state index contributed by atoms with van der Waals surface area (Å²) in [5.74, 6) is 1.13. The van der Waals surface area contributed by atoms with E-state index >= 15 is 0 Å². The summed E-state index contributed by atoms with van der Waals surface area (Å²) in [5, 5.41) is 8.31. The van der Waals surface area contributed by atoms with E-state index in [4.69, 9.17) is 4.52 Å². The Hall–Kier alpha value is -2.11. The molecule has 1 aliphatic rings. The van der Waals surface area contributed by atoms with Crippen molar-refractivity contribution in [1.29, 1.82) is 0 Å². The van der Waals surface area contributed by atoms with Gasteiger partial charge in [-0.15, -0.1) is 0 Å². The number of rotatable bonds is 4. The first-order valence-corrected chi connectivity index (χ1v) is 7.91. The number of carbonyl (C=O) groups excluding carboxylic acids is 1. The van der Waals surface area contributed by atoms with Crippen molar-refractivity contribution in [3.63, 3.8) is 0 Å². The highest BCUT2D eigenvalue weighted by atomic mass is 16.5. The van der Waals surface area contributed by atoms with Crippen molar-refractivity contribution in [2.45, 2.75) is 52.1 Å². The summed E-state index contributed by atoms with van der Waals surface area (Å²) in [6.45, 7) is 7.58. The predicted octanol–water partition coefficient (Wildman–Crippen LogP) is 2.99. The normalized spacial score (nSPS) is 18.4. The lowest BCUT2D eigenvalue weighted by molar-refractivity contribution is 0.0702. The highest BCUT2D eigenvalue weighted by Gasteiger charge is 2.34. The number of amides is 1. The molecule has 6 nitrogen and oxygen atoms in total. The number of hydrogen-bond acceptors (Lipinski definition) is 4. The quantitative estimate of drug-likeness (QED) is 0.871. The molecule has 0 bridgehead atoms. The zero-order valence-electron chi connectivity index (χ0n) is 13.3. The molecule has 1 fully saturated rings. The third kappa shape index (κ3) is 2.53. The monoisotopic (exact) mass is 302 g/mol. The van der Waals surface area contributed by atoms with E-state index in [9.17, 15) is 4.79 Å². The maximum Gasteiger partial charge on any atom is 0.272 e. The van der Waals surface area contributed by atoms with Gasteiger partial charge in [-0.05, 0) is 31.7 Å². The average Bonchev–Trinajstić information content (AvgIpc) is 3.23. The minimum atomic E-state index is -0.0206. The number of hydrogen-bond donors (Lipinski definition) is 0. The summed E-state index contributed by atoms with van der Waals surface area (Å²) >= 11 is 0. The van der Waals surface area contributed by atoms with Crippen LogP contribution in [0.3, 0.4) is 0 Å². The zero-order chi connectivity index (χ0) is 15.7. The molecule has 0 radical (unpaired) electrons. The topological polar surface area (TPSA) is 64.2 Å². The van der Waals surface area contributed by atoms with E-state index in [1.165, 1.54) is 0 Å². The molecule has 1 amide bonds. The van der Waals surface area contributed by atoms with E-state index in [0.29, 0.717) is 18.2 Å². The van der Waals surface area contributed by atoms with Crippen LogP contribution in [0.4, 0.5) is 0 Å². The lowest BCUT2D eigenvalue weighted by Gasteiger charge is -2.22. The van der Waals surface area contributed by atoms with Gasteiger partial charge in [0.15, 0.2) is 5.76 Å².